The van der Waals surface area contributed by atoms with Crippen LogP contribution in [0.15, 0.2) is 24.3 Å². The van der Waals surface area contributed by atoms with Crippen molar-refractivity contribution in [2.45, 2.75) is 20.8 Å². The highest BCUT2D eigenvalue weighted by molar-refractivity contribution is 5.85. The molecule has 0 aliphatic heterocycles. The number of hydrogen-bond donors (Lipinski definition) is 0. The zero-order chi connectivity index (χ0) is 14.1. The molecule has 0 amide bonds. The zero-order valence-electron chi connectivity index (χ0n) is 12.4. The molecular formula is C15H24ClNO3. The lowest BCUT2D eigenvalue weighted by molar-refractivity contribution is -0.146. The van der Waals surface area contributed by atoms with Crippen molar-refractivity contribution >= 4 is 18.4 Å². The fourth-order valence-electron chi connectivity index (χ4n) is 1.73. The minimum absolute atomic E-state index is 0. The van der Waals surface area contributed by atoms with Gasteiger partial charge in [-0.25, -0.2) is 4.79 Å². The van der Waals surface area contributed by atoms with E-state index in [2.05, 4.69) is 18.7 Å². The normalized spacial score (nSPS) is 10.0. The quantitative estimate of drug-likeness (QED) is 0.692. The van der Waals surface area contributed by atoms with Gasteiger partial charge in [0.2, 0.25) is 0 Å². The molecule has 5 heteroatoms. The molecule has 0 radical (unpaired) electrons. The van der Waals surface area contributed by atoms with Gasteiger partial charge in [0.05, 0.1) is 0 Å². The van der Waals surface area contributed by atoms with Crippen LogP contribution in [0.25, 0.3) is 0 Å². The van der Waals surface area contributed by atoms with E-state index in [0.717, 1.165) is 30.9 Å². The third-order valence-corrected chi connectivity index (χ3v) is 3.00. The maximum Gasteiger partial charge on any atom is 0.344 e. The molecule has 0 heterocycles. The lowest BCUT2D eigenvalue weighted by Crippen LogP contribution is -2.28. The van der Waals surface area contributed by atoms with Crippen molar-refractivity contribution in [3.8, 4) is 5.75 Å². The van der Waals surface area contributed by atoms with Gasteiger partial charge in [-0.15, -0.1) is 12.4 Å². The zero-order valence-corrected chi connectivity index (χ0v) is 13.2. The van der Waals surface area contributed by atoms with Crippen LogP contribution < -0.4 is 4.74 Å². The molecule has 0 atom stereocenters. The number of aryl methyl sites for hydroxylation is 1. The van der Waals surface area contributed by atoms with Gasteiger partial charge in [-0.3, -0.25) is 0 Å². The van der Waals surface area contributed by atoms with E-state index in [1.165, 1.54) is 0 Å². The van der Waals surface area contributed by atoms with E-state index < -0.39 is 0 Å². The van der Waals surface area contributed by atoms with Gasteiger partial charge in [0.25, 0.3) is 0 Å². The maximum atomic E-state index is 11.5. The molecule has 4 nitrogen and oxygen atoms in total. The van der Waals surface area contributed by atoms with Crippen molar-refractivity contribution in [1.82, 2.24) is 4.90 Å². The Morgan fingerprint density at radius 2 is 1.85 bits per heavy atom. The monoisotopic (exact) mass is 301 g/mol. The van der Waals surface area contributed by atoms with Crippen LogP contribution in [0, 0.1) is 6.92 Å². The van der Waals surface area contributed by atoms with E-state index in [9.17, 15) is 4.79 Å². The molecule has 1 rings (SSSR count). The fourth-order valence-corrected chi connectivity index (χ4v) is 1.73. The van der Waals surface area contributed by atoms with Gasteiger partial charge in [0, 0.05) is 6.54 Å². The molecule has 0 unspecified atom stereocenters. The van der Waals surface area contributed by atoms with E-state index in [4.69, 9.17) is 9.47 Å². The van der Waals surface area contributed by atoms with Crippen molar-refractivity contribution in [2.75, 3.05) is 32.8 Å². The number of esters is 1. The van der Waals surface area contributed by atoms with Crippen LogP contribution in [0.4, 0.5) is 0 Å². The predicted octanol–water partition coefficient (Wildman–Crippen LogP) is 2.68. The summed E-state index contributed by atoms with van der Waals surface area (Å²) in [6, 6.07) is 7.61. The maximum absolute atomic E-state index is 11.5. The fraction of sp³-hybridized carbons (Fsp3) is 0.533. The highest BCUT2D eigenvalue weighted by atomic mass is 35.5. The van der Waals surface area contributed by atoms with Gasteiger partial charge >= 0.3 is 5.97 Å². The van der Waals surface area contributed by atoms with Gasteiger partial charge in [-0.2, -0.15) is 0 Å². The molecule has 0 aliphatic rings. The van der Waals surface area contributed by atoms with E-state index >= 15 is 0 Å². The van der Waals surface area contributed by atoms with Crippen molar-refractivity contribution in [2.24, 2.45) is 0 Å². The van der Waals surface area contributed by atoms with Gasteiger partial charge < -0.3 is 14.4 Å². The second kappa shape index (κ2) is 10.5. The number of nitrogens with zero attached hydrogens (tertiary/aromatic N) is 1. The minimum Gasteiger partial charge on any atom is -0.482 e. The number of hydrogen-bond acceptors (Lipinski definition) is 4. The number of carbonyl (C=O) groups is 1. The Kier molecular flexibility index (Phi) is 9.86. The number of para-hydroxylation sites is 1. The Morgan fingerprint density at radius 3 is 2.45 bits per heavy atom. The van der Waals surface area contributed by atoms with Gasteiger partial charge in [-0.1, -0.05) is 32.0 Å². The molecule has 0 N–H and O–H groups in total. The highest BCUT2D eigenvalue weighted by Crippen LogP contribution is 2.15. The van der Waals surface area contributed by atoms with Crippen LogP contribution in [0.1, 0.15) is 19.4 Å². The van der Waals surface area contributed by atoms with Gasteiger partial charge in [0.1, 0.15) is 12.4 Å². The molecule has 20 heavy (non-hydrogen) atoms. The Balaban J connectivity index is 0.00000361. The topological polar surface area (TPSA) is 38.8 Å². The van der Waals surface area contributed by atoms with Crippen molar-refractivity contribution in [3.05, 3.63) is 29.8 Å². The molecule has 1 aromatic carbocycles. The molecule has 0 saturated heterocycles. The van der Waals surface area contributed by atoms with Crippen LogP contribution in [0.5, 0.6) is 5.75 Å². The number of halogens is 1. The summed E-state index contributed by atoms with van der Waals surface area (Å²) in [4.78, 5) is 13.7. The summed E-state index contributed by atoms with van der Waals surface area (Å²) in [5.74, 6) is 0.401. The summed E-state index contributed by atoms with van der Waals surface area (Å²) in [7, 11) is 0. The Hall–Kier alpha value is -1.26. The van der Waals surface area contributed by atoms with E-state index in [1.807, 2.05) is 31.2 Å². The number of likely N-dealkylation sites (N-methyl/N-ethyl adjacent to an activating group) is 1. The number of rotatable bonds is 8. The summed E-state index contributed by atoms with van der Waals surface area (Å²) < 4.78 is 10.6. The van der Waals surface area contributed by atoms with Crippen LogP contribution in [0.2, 0.25) is 0 Å². The van der Waals surface area contributed by atoms with Crippen LogP contribution in [-0.2, 0) is 9.53 Å². The molecule has 0 saturated carbocycles. The predicted molar refractivity (Wildman–Crippen MR) is 82.7 cm³/mol. The van der Waals surface area contributed by atoms with Gasteiger partial charge in [0.15, 0.2) is 6.61 Å². The smallest absolute Gasteiger partial charge is 0.344 e. The first-order valence-electron chi connectivity index (χ1n) is 6.73. The first-order chi connectivity index (χ1) is 9.17. The molecule has 0 bridgehead atoms. The number of benzene rings is 1. The van der Waals surface area contributed by atoms with Crippen molar-refractivity contribution in [1.29, 1.82) is 0 Å². The van der Waals surface area contributed by atoms with E-state index in [-0.39, 0.29) is 25.0 Å². The average Bonchev–Trinajstić information content (AvgIpc) is 2.43. The summed E-state index contributed by atoms with van der Waals surface area (Å²) in [5.41, 5.74) is 1.01. The second-order valence-electron chi connectivity index (χ2n) is 4.30. The van der Waals surface area contributed by atoms with E-state index in [1.54, 1.807) is 0 Å². The lowest BCUT2D eigenvalue weighted by Gasteiger charge is -2.17. The van der Waals surface area contributed by atoms with Crippen LogP contribution >= 0.6 is 12.4 Å². The largest absolute Gasteiger partial charge is 0.482 e. The second-order valence-corrected chi connectivity index (χ2v) is 4.30. The number of ether oxygens (including phenoxy) is 2. The molecule has 114 valence electrons. The number of carbonyl (C=O) groups excluding carboxylic acids is 1. The van der Waals surface area contributed by atoms with Crippen LogP contribution in [-0.4, -0.2) is 43.7 Å². The first kappa shape index (κ1) is 18.7. The average molecular weight is 302 g/mol. The summed E-state index contributed by atoms with van der Waals surface area (Å²) >= 11 is 0. The molecule has 0 spiro atoms. The standard InChI is InChI=1S/C15H23NO3.ClH/c1-4-16(5-2)10-11-18-15(17)12-19-14-9-7-6-8-13(14)3;/h6-9H,4-5,10-12H2,1-3H3;1H. The first-order valence-corrected chi connectivity index (χ1v) is 6.73. The summed E-state index contributed by atoms with van der Waals surface area (Å²) in [6.07, 6.45) is 0. The van der Waals surface area contributed by atoms with Crippen molar-refractivity contribution < 1.29 is 14.3 Å². The van der Waals surface area contributed by atoms with Gasteiger partial charge in [-0.05, 0) is 31.6 Å². The molecule has 0 fully saturated rings. The highest BCUT2D eigenvalue weighted by Gasteiger charge is 2.06. The SMILES string of the molecule is CCN(CC)CCOC(=O)COc1ccccc1C.Cl. The molecular weight excluding hydrogens is 278 g/mol. The third kappa shape index (κ3) is 6.78. The Bertz CT molecular complexity index is 394. The Morgan fingerprint density at radius 1 is 1.20 bits per heavy atom. The molecule has 0 aromatic heterocycles. The lowest BCUT2D eigenvalue weighted by atomic mass is 10.2. The van der Waals surface area contributed by atoms with Crippen molar-refractivity contribution in [3.63, 3.8) is 0 Å². The third-order valence-electron chi connectivity index (χ3n) is 3.00. The van der Waals surface area contributed by atoms with Crippen LogP contribution in [0.3, 0.4) is 0 Å². The summed E-state index contributed by atoms with van der Waals surface area (Å²) in [5, 5.41) is 0. The van der Waals surface area contributed by atoms with E-state index in [0.29, 0.717) is 6.61 Å². The minimum atomic E-state index is -0.324. The summed E-state index contributed by atoms with van der Waals surface area (Å²) in [6.45, 7) is 9.20. The molecule has 1 aromatic rings. The molecule has 0 aliphatic carbocycles. The Labute approximate surface area is 127 Å².